The molecule has 0 nitrogen and oxygen atoms in total. The first-order chi connectivity index (χ1) is 10.1. The highest BCUT2D eigenvalue weighted by Gasteiger charge is 2.09. The van der Waals surface area contributed by atoms with E-state index >= 15 is 0 Å². The summed E-state index contributed by atoms with van der Waals surface area (Å²) in [7, 11) is 0. The van der Waals surface area contributed by atoms with Gasteiger partial charge in [-0.25, -0.2) is 0 Å². The minimum Gasteiger partial charge on any atom is -0.0613 e. The molecule has 0 fully saturated rings. The molecule has 21 heavy (non-hydrogen) atoms. The molecule has 0 spiro atoms. The summed E-state index contributed by atoms with van der Waals surface area (Å²) in [6, 6.07) is 11.7. The summed E-state index contributed by atoms with van der Waals surface area (Å²) >= 11 is 0. The van der Waals surface area contributed by atoms with E-state index < -0.39 is 0 Å². The average Bonchev–Trinajstić information content (AvgIpc) is 2.49. The van der Waals surface area contributed by atoms with E-state index in [-0.39, 0.29) is 0 Å². The molecule has 2 aromatic rings. The SMILES string of the molecule is CCc1cc(Cc2ccc(C)cc2C)cc(CC)c1CC. The predicted octanol–water partition coefficient (Wildman–Crippen LogP) is 5.58. The third-order valence-electron chi connectivity index (χ3n) is 4.50. The van der Waals surface area contributed by atoms with Crippen molar-refractivity contribution in [2.75, 3.05) is 0 Å². The van der Waals surface area contributed by atoms with Crippen molar-refractivity contribution in [2.45, 2.75) is 60.3 Å². The number of hydrogen-bond acceptors (Lipinski definition) is 0. The van der Waals surface area contributed by atoms with Crippen molar-refractivity contribution in [3.05, 3.63) is 69.3 Å². The fraction of sp³-hybridized carbons (Fsp3) is 0.429. The Kier molecular flexibility index (Phi) is 5.22. The largest absolute Gasteiger partial charge is 0.0613 e. The van der Waals surface area contributed by atoms with E-state index in [1.807, 2.05) is 0 Å². The van der Waals surface area contributed by atoms with Crippen LogP contribution < -0.4 is 0 Å². The average molecular weight is 280 g/mol. The first kappa shape index (κ1) is 15.8. The van der Waals surface area contributed by atoms with Gasteiger partial charge in [-0.1, -0.05) is 56.7 Å². The molecular formula is C21H28. The smallest absolute Gasteiger partial charge is 0.00229 e. The van der Waals surface area contributed by atoms with Crippen LogP contribution in [0.15, 0.2) is 30.3 Å². The lowest BCUT2D eigenvalue weighted by Gasteiger charge is -2.15. The molecule has 0 aromatic heterocycles. The molecule has 0 amide bonds. The Hall–Kier alpha value is -1.56. The molecular weight excluding hydrogens is 252 g/mol. The maximum atomic E-state index is 2.43. The van der Waals surface area contributed by atoms with E-state index in [0.29, 0.717) is 0 Å². The first-order valence-corrected chi connectivity index (χ1v) is 8.28. The molecule has 2 aromatic carbocycles. The van der Waals surface area contributed by atoms with Gasteiger partial charge in [-0.05, 0) is 72.9 Å². The number of benzene rings is 2. The van der Waals surface area contributed by atoms with E-state index in [4.69, 9.17) is 0 Å². The Morgan fingerprint density at radius 3 is 1.81 bits per heavy atom. The van der Waals surface area contributed by atoms with E-state index in [2.05, 4.69) is 65.0 Å². The summed E-state index contributed by atoms with van der Waals surface area (Å²) in [6.45, 7) is 11.2. The minimum atomic E-state index is 1.05. The van der Waals surface area contributed by atoms with Crippen LogP contribution in [0.4, 0.5) is 0 Å². The van der Waals surface area contributed by atoms with Crippen LogP contribution in [0.25, 0.3) is 0 Å². The summed E-state index contributed by atoms with van der Waals surface area (Å²) in [5, 5.41) is 0. The van der Waals surface area contributed by atoms with Gasteiger partial charge >= 0.3 is 0 Å². The summed E-state index contributed by atoms with van der Waals surface area (Å²) in [5.41, 5.74) is 10.3. The van der Waals surface area contributed by atoms with Crippen molar-refractivity contribution < 1.29 is 0 Å². The molecule has 0 heterocycles. The fourth-order valence-electron chi connectivity index (χ4n) is 3.32. The van der Waals surface area contributed by atoms with Crippen LogP contribution in [0.3, 0.4) is 0 Å². The van der Waals surface area contributed by atoms with Crippen molar-refractivity contribution in [1.82, 2.24) is 0 Å². The zero-order valence-electron chi connectivity index (χ0n) is 14.2. The zero-order chi connectivity index (χ0) is 15.4. The number of aryl methyl sites for hydroxylation is 4. The highest BCUT2D eigenvalue weighted by atomic mass is 14.1. The summed E-state index contributed by atoms with van der Waals surface area (Å²) in [4.78, 5) is 0. The van der Waals surface area contributed by atoms with Crippen LogP contribution >= 0.6 is 0 Å². The molecule has 0 radical (unpaired) electrons. The first-order valence-electron chi connectivity index (χ1n) is 8.28. The third kappa shape index (κ3) is 3.56. The van der Waals surface area contributed by atoms with Gasteiger partial charge in [0.05, 0.1) is 0 Å². The maximum Gasteiger partial charge on any atom is -0.00229 e. The molecule has 0 saturated heterocycles. The molecule has 0 N–H and O–H groups in total. The van der Waals surface area contributed by atoms with Crippen molar-refractivity contribution in [1.29, 1.82) is 0 Å². The Labute approximate surface area is 130 Å². The lowest BCUT2D eigenvalue weighted by Crippen LogP contribution is -2.02. The molecule has 0 heteroatoms. The Morgan fingerprint density at radius 1 is 0.714 bits per heavy atom. The molecule has 0 saturated carbocycles. The highest BCUT2D eigenvalue weighted by Crippen LogP contribution is 2.23. The molecule has 0 aliphatic heterocycles. The Bertz CT molecular complexity index is 595. The standard InChI is InChI=1S/C21H28/c1-6-18-12-17(13-19(7-2)21(18)8-3)14-20-10-9-15(4)11-16(20)5/h9-13H,6-8,14H2,1-5H3. The van der Waals surface area contributed by atoms with Crippen LogP contribution in [-0.2, 0) is 25.7 Å². The van der Waals surface area contributed by atoms with Crippen LogP contribution in [0.2, 0.25) is 0 Å². The van der Waals surface area contributed by atoms with Gasteiger partial charge in [0.2, 0.25) is 0 Å². The van der Waals surface area contributed by atoms with Crippen LogP contribution in [0, 0.1) is 13.8 Å². The van der Waals surface area contributed by atoms with E-state index in [1.165, 1.54) is 33.4 Å². The fourth-order valence-corrected chi connectivity index (χ4v) is 3.32. The predicted molar refractivity (Wildman–Crippen MR) is 93.3 cm³/mol. The van der Waals surface area contributed by atoms with Gasteiger partial charge in [0.1, 0.15) is 0 Å². The van der Waals surface area contributed by atoms with Crippen molar-refractivity contribution in [2.24, 2.45) is 0 Å². The van der Waals surface area contributed by atoms with Gasteiger partial charge < -0.3 is 0 Å². The Balaban J connectivity index is 2.40. The second-order valence-corrected chi connectivity index (χ2v) is 6.06. The number of hydrogen-bond donors (Lipinski definition) is 0. The van der Waals surface area contributed by atoms with Gasteiger partial charge in [-0.3, -0.25) is 0 Å². The lowest BCUT2D eigenvalue weighted by atomic mass is 9.90. The molecule has 0 atom stereocenters. The normalized spacial score (nSPS) is 10.9. The highest BCUT2D eigenvalue weighted by molar-refractivity contribution is 5.42. The molecule has 0 bridgehead atoms. The summed E-state index contributed by atoms with van der Waals surface area (Å²) in [5.74, 6) is 0. The van der Waals surface area contributed by atoms with Crippen LogP contribution in [-0.4, -0.2) is 0 Å². The monoisotopic (exact) mass is 280 g/mol. The van der Waals surface area contributed by atoms with Gasteiger partial charge in [-0.15, -0.1) is 0 Å². The minimum absolute atomic E-state index is 1.05. The quantitative estimate of drug-likeness (QED) is 0.670. The Morgan fingerprint density at radius 2 is 1.33 bits per heavy atom. The van der Waals surface area contributed by atoms with E-state index in [1.54, 1.807) is 5.56 Å². The summed E-state index contributed by atoms with van der Waals surface area (Å²) < 4.78 is 0. The van der Waals surface area contributed by atoms with Gasteiger partial charge in [0.25, 0.3) is 0 Å². The number of rotatable bonds is 5. The van der Waals surface area contributed by atoms with Crippen molar-refractivity contribution >= 4 is 0 Å². The molecule has 0 aliphatic carbocycles. The molecule has 2 rings (SSSR count). The zero-order valence-corrected chi connectivity index (χ0v) is 14.2. The van der Waals surface area contributed by atoms with E-state index in [0.717, 1.165) is 25.7 Å². The van der Waals surface area contributed by atoms with Crippen molar-refractivity contribution in [3.8, 4) is 0 Å². The molecule has 112 valence electrons. The second-order valence-electron chi connectivity index (χ2n) is 6.06. The van der Waals surface area contributed by atoms with Gasteiger partial charge in [0.15, 0.2) is 0 Å². The topological polar surface area (TPSA) is 0 Å². The lowest BCUT2D eigenvalue weighted by molar-refractivity contribution is 0.966. The summed E-state index contributed by atoms with van der Waals surface area (Å²) in [6.07, 6.45) is 4.47. The second kappa shape index (κ2) is 6.93. The third-order valence-corrected chi connectivity index (χ3v) is 4.50. The van der Waals surface area contributed by atoms with Gasteiger partial charge in [-0.2, -0.15) is 0 Å². The van der Waals surface area contributed by atoms with E-state index in [9.17, 15) is 0 Å². The van der Waals surface area contributed by atoms with Crippen LogP contribution in [0.1, 0.15) is 59.7 Å². The van der Waals surface area contributed by atoms with Gasteiger partial charge in [0, 0.05) is 0 Å². The molecule has 0 aliphatic rings. The molecule has 0 unspecified atom stereocenters. The maximum absolute atomic E-state index is 2.43. The van der Waals surface area contributed by atoms with Crippen molar-refractivity contribution in [3.63, 3.8) is 0 Å². The van der Waals surface area contributed by atoms with Crippen LogP contribution in [0.5, 0.6) is 0 Å².